The maximum atomic E-state index is 12.5. The number of carbonyl (C=O) groups is 5. The number of carboxylic acids is 3. The first-order valence-electron chi connectivity index (χ1n) is 12.4. The summed E-state index contributed by atoms with van der Waals surface area (Å²) in [5.41, 5.74) is 4.44. The monoisotopic (exact) mass is 624 g/mol. The molecule has 3 rings (SSSR count). The quantitative estimate of drug-likeness (QED) is 0.113. The third-order valence-electron chi connectivity index (χ3n) is 5.16. The maximum Gasteiger partial charge on any atom is 0.490 e. The topological polar surface area (TPSA) is 241 Å². The minimum Gasteiger partial charge on any atom is -0.481 e. The van der Waals surface area contributed by atoms with Crippen molar-refractivity contribution in [3.05, 3.63) is 48.5 Å². The average molecular weight is 625 g/mol. The van der Waals surface area contributed by atoms with E-state index < -0.39 is 49.0 Å². The lowest BCUT2D eigenvalue weighted by Crippen LogP contribution is -2.43. The van der Waals surface area contributed by atoms with E-state index in [-0.39, 0.29) is 29.2 Å². The summed E-state index contributed by atoms with van der Waals surface area (Å²) < 4.78 is 33.0. The van der Waals surface area contributed by atoms with E-state index in [1.54, 1.807) is 13.8 Å². The number of hydrogen-bond donors (Lipinski definition) is 7. The fourth-order valence-electron chi connectivity index (χ4n) is 3.05. The molecule has 3 aromatic rings. The fourth-order valence-corrected chi connectivity index (χ4v) is 3.05. The Morgan fingerprint density at radius 2 is 1.70 bits per heavy atom. The van der Waals surface area contributed by atoms with E-state index >= 15 is 0 Å². The number of nitrogens with zero attached hydrogens (tertiary/aromatic N) is 4. The summed E-state index contributed by atoms with van der Waals surface area (Å²) >= 11 is 0. The van der Waals surface area contributed by atoms with Crippen molar-refractivity contribution >= 4 is 47.4 Å². The Morgan fingerprint density at radius 1 is 1.07 bits per heavy atom. The molecule has 0 bridgehead atoms. The van der Waals surface area contributed by atoms with Gasteiger partial charge in [0.2, 0.25) is 11.8 Å². The van der Waals surface area contributed by atoms with Gasteiger partial charge in [0.25, 0.3) is 0 Å². The van der Waals surface area contributed by atoms with Crippen molar-refractivity contribution in [1.29, 1.82) is 0 Å². The summed E-state index contributed by atoms with van der Waals surface area (Å²) in [6.45, 7) is 2.94. The van der Waals surface area contributed by atoms with Crippen LogP contribution in [0.3, 0.4) is 0 Å². The van der Waals surface area contributed by atoms with Crippen LogP contribution in [0.25, 0.3) is 11.5 Å². The minimum atomic E-state index is -5.08. The molecule has 0 aliphatic heterocycles. The van der Waals surface area contributed by atoms with Crippen LogP contribution in [-0.2, 0) is 30.5 Å². The minimum absolute atomic E-state index is 0.152. The van der Waals surface area contributed by atoms with Crippen molar-refractivity contribution < 1.29 is 52.5 Å². The predicted molar refractivity (Wildman–Crippen MR) is 146 cm³/mol. The number of rotatable bonds is 12. The SMILES string of the molecule is CC(C)C(=O)Nc1c(-c2ncc(/C=N/Nc3ccccc3)[nH]2)ncn1CC(=O)N[C@@H](CC(=O)O)C(=O)O.O=C(O)C(F)(F)F. The molecule has 0 aliphatic carbocycles. The molecule has 0 fully saturated rings. The number of alkyl halides is 3. The lowest BCUT2D eigenvalue weighted by Gasteiger charge is -2.15. The standard InChI is InChI=1S/C23H26N8O6.C2HF3O2/c1-13(2)22(35)29-21-19(20-24-9-15(27-20)10-26-30-14-6-4-3-5-7-14)25-12-31(21)11-17(32)28-16(23(36)37)8-18(33)34;3-2(4,5)1(6)7/h3-7,9-10,12-13,16,30H,8,11H2,1-2H3,(H,24,27)(H,28,32)(H,29,35)(H,33,34)(H,36,37);(H,6,7)/b26-10+;/t16-;/m0./s1. The second-order valence-electron chi connectivity index (χ2n) is 9.00. The van der Waals surface area contributed by atoms with Gasteiger partial charge in [0.05, 0.1) is 36.5 Å². The number of H-pyrrole nitrogens is 1. The highest BCUT2D eigenvalue weighted by Crippen LogP contribution is 2.25. The van der Waals surface area contributed by atoms with Crippen molar-refractivity contribution in [2.75, 3.05) is 10.7 Å². The molecule has 0 radical (unpaired) electrons. The Labute approximate surface area is 246 Å². The van der Waals surface area contributed by atoms with Crippen LogP contribution >= 0.6 is 0 Å². The predicted octanol–water partition coefficient (Wildman–Crippen LogP) is 1.99. The lowest BCUT2D eigenvalue weighted by molar-refractivity contribution is -0.192. The molecule has 7 N–H and O–H groups in total. The van der Waals surface area contributed by atoms with Crippen LogP contribution in [0.4, 0.5) is 24.7 Å². The molecule has 0 aliphatic rings. The molecule has 0 unspecified atom stereocenters. The van der Waals surface area contributed by atoms with E-state index in [1.165, 1.54) is 23.3 Å². The van der Waals surface area contributed by atoms with Crippen LogP contribution < -0.4 is 16.1 Å². The number of carbonyl (C=O) groups excluding carboxylic acids is 2. The molecular formula is C25H27F3N8O8. The van der Waals surface area contributed by atoms with Crippen LogP contribution in [0, 0.1) is 5.92 Å². The number of imidazole rings is 2. The summed E-state index contributed by atoms with van der Waals surface area (Å²) in [5, 5.41) is 34.2. The highest BCUT2D eigenvalue weighted by atomic mass is 19.4. The van der Waals surface area contributed by atoms with E-state index in [9.17, 15) is 37.5 Å². The second kappa shape index (κ2) is 15.5. The number of carboxylic acid groups (broad SMARTS) is 3. The molecule has 44 heavy (non-hydrogen) atoms. The zero-order valence-corrected chi connectivity index (χ0v) is 23.0. The van der Waals surface area contributed by atoms with Crippen LogP contribution in [0.1, 0.15) is 26.0 Å². The molecule has 0 saturated carbocycles. The van der Waals surface area contributed by atoms with Crippen molar-refractivity contribution in [2.24, 2.45) is 11.0 Å². The largest absolute Gasteiger partial charge is 0.490 e. The number of hydrazone groups is 1. The Bertz CT molecular complexity index is 1500. The van der Waals surface area contributed by atoms with E-state index in [2.05, 4.69) is 36.1 Å². The van der Waals surface area contributed by atoms with Gasteiger partial charge in [0.15, 0.2) is 5.82 Å². The van der Waals surface area contributed by atoms with E-state index in [0.29, 0.717) is 5.69 Å². The molecular weight excluding hydrogens is 597 g/mol. The maximum absolute atomic E-state index is 12.5. The van der Waals surface area contributed by atoms with Crippen molar-refractivity contribution in [3.63, 3.8) is 0 Å². The normalized spacial score (nSPS) is 11.8. The number of nitrogens with one attached hydrogen (secondary N) is 4. The third kappa shape index (κ3) is 10.9. The van der Waals surface area contributed by atoms with Gasteiger partial charge >= 0.3 is 24.1 Å². The van der Waals surface area contributed by atoms with Gasteiger partial charge in [-0.1, -0.05) is 32.0 Å². The second-order valence-corrected chi connectivity index (χ2v) is 9.00. The Kier molecular flexibility index (Phi) is 12.1. The molecule has 2 heterocycles. The highest BCUT2D eigenvalue weighted by Gasteiger charge is 2.38. The summed E-state index contributed by atoms with van der Waals surface area (Å²) in [6, 6.07) is 7.70. The number of aliphatic carboxylic acids is 3. The molecule has 236 valence electrons. The van der Waals surface area contributed by atoms with E-state index in [4.69, 9.17) is 15.0 Å². The van der Waals surface area contributed by atoms with Gasteiger partial charge in [-0.3, -0.25) is 19.8 Å². The first kappa shape index (κ1) is 34.5. The number of para-hydroxylation sites is 1. The highest BCUT2D eigenvalue weighted by molar-refractivity contribution is 5.95. The summed E-state index contributed by atoms with van der Waals surface area (Å²) in [7, 11) is 0. The lowest BCUT2D eigenvalue weighted by atomic mass is 10.2. The Balaban J connectivity index is 0.000000860. The van der Waals surface area contributed by atoms with Gasteiger partial charge in [-0.2, -0.15) is 18.3 Å². The molecule has 1 aromatic carbocycles. The Morgan fingerprint density at radius 3 is 2.25 bits per heavy atom. The molecule has 1 atom stereocenters. The first-order valence-corrected chi connectivity index (χ1v) is 12.4. The number of hydrogen-bond acceptors (Lipinski definition) is 9. The third-order valence-corrected chi connectivity index (χ3v) is 5.16. The van der Waals surface area contributed by atoms with Gasteiger partial charge in [-0.05, 0) is 12.1 Å². The van der Waals surface area contributed by atoms with Gasteiger partial charge < -0.3 is 35.5 Å². The molecule has 16 nitrogen and oxygen atoms in total. The van der Waals surface area contributed by atoms with Crippen molar-refractivity contribution in [1.82, 2.24) is 24.8 Å². The van der Waals surface area contributed by atoms with Crippen LogP contribution in [-0.4, -0.2) is 83.0 Å². The van der Waals surface area contributed by atoms with E-state index in [1.807, 2.05) is 30.3 Å². The number of aromatic nitrogens is 4. The van der Waals surface area contributed by atoms with Crippen molar-refractivity contribution in [2.45, 2.75) is 39.0 Å². The summed E-state index contributed by atoms with van der Waals surface area (Å²) in [4.78, 5) is 67.6. The molecule has 19 heteroatoms. The van der Waals surface area contributed by atoms with Gasteiger partial charge in [-0.15, -0.1) is 0 Å². The molecule has 0 saturated heterocycles. The van der Waals surface area contributed by atoms with Gasteiger partial charge in [0, 0.05) is 5.92 Å². The number of amides is 2. The molecule has 2 amide bonds. The number of anilines is 2. The molecule has 2 aromatic heterocycles. The number of benzene rings is 1. The zero-order chi connectivity index (χ0) is 33.0. The fraction of sp³-hybridized carbons (Fsp3) is 0.280. The van der Waals surface area contributed by atoms with Crippen LogP contribution in [0.2, 0.25) is 0 Å². The van der Waals surface area contributed by atoms with Gasteiger partial charge in [0.1, 0.15) is 24.1 Å². The number of aromatic amines is 1. The van der Waals surface area contributed by atoms with Crippen LogP contribution in [0.5, 0.6) is 0 Å². The zero-order valence-electron chi connectivity index (χ0n) is 23.0. The average Bonchev–Trinajstić information content (AvgIpc) is 3.55. The van der Waals surface area contributed by atoms with E-state index in [0.717, 1.165) is 5.69 Å². The number of halogens is 3. The first-order chi connectivity index (χ1) is 20.6. The summed E-state index contributed by atoms with van der Waals surface area (Å²) in [6.07, 6.45) is -1.57. The smallest absolute Gasteiger partial charge is 0.481 e. The van der Waals surface area contributed by atoms with Gasteiger partial charge in [-0.25, -0.2) is 19.6 Å². The summed E-state index contributed by atoms with van der Waals surface area (Å²) in [5.74, 6) is -6.70. The van der Waals surface area contributed by atoms with Crippen molar-refractivity contribution in [3.8, 4) is 11.5 Å². The Hall–Kier alpha value is -5.75. The molecule has 0 spiro atoms. The van der Waals surface area contributed by atoms with Crippen LogP contribution in [0.15, 0.2) is 48.0 Å².